The molecule has 1 aromatic rings. The molecule has 0 radical (unpaired) electrons. The molecule has 0 aliphatic carbocycles. The lowest BCUT2D eigenvalue weighted by Crippen LogP contribution is -2.23. The number of carboxylic acid groups (broad SMARTS) is 1. The first-order valence-electron chi connectivity index (χ1n) is 7.14. The Morgan fingerprint density at radius 3 is 2.55 bits per heavy atom. The van der Waals surface area contributed by atoms with Crippen LogP contribution >= 0.6 is 11.3 Å². The van der Waals surface area contributed by atoms with Crippen LogP contribution in [0.5, 0.6) is 0 Å². The van der Waals surface area contributed by atoms with E-state index in [1.54, 1.807) is 11.3 Å². The molecule has 5 heteroatoms. The fourth-order valence-electron chi connectivity index (χ4n) is 2.03. The molecule has 0 atom stereocenters. The topological polar surface area (TPSA) is 66.4 Å². The van der Waals surface area contributed by atoms with Gasteiger partial charge >= 0.3 is 5.97 Å². The van der Waals surface area contributed by atoms with E-state index in [1.807, 2.05) is 13.0 Å². The van der Waals surface area contributed by atoms with Crippen LogP contribution in [0, 0.1) is 6.92 Å². The van der Waals surface area contributed by atoms with E-state index >= 15 is 0 Å². The minimum atomic E-state index is -0.738. The zero-order valence-corrected chi connectivity index (χ0v) is 13.0. The van der Waals surface area contributed by atoms with Crippen molar-refractivity contribution >= 4 is 23.2 Å². The van der Waals surface area contributed by atoms with Gasteiger partial charge in [-0.25, -0.2) is 0 Å². The third-order valence-corrected chi connectivity index (χ3v) is 4.32. The molecule has 0 aliphatic rings. The maximum absolute atomic E-state index is 11.9. The lowest BCUT2D eigenvalue weighted by Gasteiger charge is -2.03. The van der Waals surface area contributed by atoms with Crippen molar-refractivity contribution in [3.8, 4) is 0 Å². The number of rotatable bonds is 9. The first-order valence-corrected chi connectivity index (χ1v) is 7.95. The monoisotopic (exact) mass is 297 g/mol. The molecule has 0 saturated carbocycles. The summed E-state index contributed by atoms with van der Waals surface area (Å²) in [5.41, 5.74) is 1.24. The quantitative estimate of drug-likeness (QED) is 0.687. The highest BCUT2D eigenvalue weighted by atomic mass is 32.1. The average molecular weight is 297 g/mol. The first-order chi connectivity index (χ1) is 9.54. The molecule has 0 saturated heterocycles. The normalized spacial score (nSPS) is 10.5. The zero-order valence-electron chi connectivity index (χ0n) is 12.2. The van der Waals surface area contributed by atoms with Gasteiger partial charge in [0.25, 0.3) is 5.91 Å². The van der Waals surface area contributed by atoms with Crippen LogP contribution in [0.4, 0.5) is 0 Å². The van der Waals surface area contributed by atoms with Crippen molar-refractivity contribution in [3.05, 3.63) is 21.4 Å². The van der Waals surface area contributed by atoms with Crippen LogP contribution in [0.1, 0.15) is 59.1 Å². The lowest BCUT2D eigenvalue weighted by atomic mass is 10.1. The van der Waals surface area contributed by atoms with Gasteiger partial charge in [-0.2, -0.15) is 0 Å². The largest absolute Gasteiger partial charge is 0.481 e. The molecule has 1 aromatic heterocycles. The van der Waals surface area contributed by atoms with Crippen LogP contribution < -0.4 is 5.32 Å². The predicted octanol–water partition coefficient (Wildman–Crippen LogP) is 3.38. The maximum Gasteiger partial charge on any atom is 0.303 e. The smallest absolute Gasteiger partial charge is 0.303 e. The number of carbonyl (C=O) groups excluding carboxylic acids is 1. The van der Waals surface area contributed by atoms with E-state index in [2.05, 4.69) is 12.2 Å². The number of hydrogen-bond donors (Lipinski definition) is 2. The molecular formula is C15H23NO3S. The van der Waals surface area contributed by atoms with Crippen LogP contribution in [0.15, 0.2) is 6.07 Å². The summed E-state index contributed by atoms with van der Waals surface area (Å²) >= 11 is 1.54. The number of aryl methyl sites for hydroxylation is 2. The minimum absolute atomic E-state index is 0.00309. The second-order valence-electron chi connectivity index (χ2n) is 4.86. The number of aliphatic carboxylic acids is 1. The van der Waals surface area contributed by atoms with Gasteiger partial charge in [0.2, 0.25) is 0 Å². The van der Waals surface area contributed by atoms with Crippen LogP contribution in [-0.4, -0.2) is 23.5 Å². The summed E-state index contributed by atoms with van der Waals surface area (Å²) in [7, 11) is 0. The Bertz CT molecular complexity index is 454. The SMILES string of the molecule is CCc1cc(C(=O)NCCCCCCC(=O)O)sc1C. The van der Waals surface area contributed by atoms with Gasteiger partial charge in [-0.15, -0.1) is 11.3 Å². The van der Waals surface area contributed by atoms with Crippen molar-refractivity contribution in [3.63, 3.8) is 0 Å². The van der Waals surface area contributed by atoms with Gasteiger partial charge in [-0.05, 0) is 37.8 Å². The molecule has 112 valence electrons. The Balaban J connectivity index is 2.18. The highest BCUT2D eigenvalue weighted by Gasteiger charge is 2.10. The minimum Gasteiger partial charge on any atom is -0.481 e. The van der Waals surface area contributed by atoms with Crippen molar-refractivity contribution in [2.24, 2.45) is 0 Å². The Labute approximate surface area is 124 Å². The first kappa shape index (κ1) is 16.7. The van der Waals surface area contributed by atoms with E-state index in [0.29, 0.717) is 13.0 Å². The van der Waals surface area contributed by atoms with Gasteiger partial charge in [0, 0.05) is 17.8 Å². The molecule has 0 bridgehead atoms. The molecule has 0 aromatic carbocycles. The highest BCUT2D eigenvalue weighted by molar-refractivity contribution is 7.14. The van der Waals surface area contributed by atoms with Gasteiger partial charge in [0.15, 0.2) is 0 Å². The Kier molecular flexibility index (Phi) is 7.30. The van der Waals surface area contributed by atoms with Crippen LogP contribution in [-0.2, 0) is 11.2 Å². The van der Waals surface area contributed by atoms with E-state index in [-0.39, 0.29) is 12.3 Å². The third kappa shape index (κ3) is 5.74. The number of carbonyl (C=O) groups is 2. The number of unbranched alkanes of at least 4 members (excludes halogenated alkanes) is 3. The molecule has 0 fully saturated rings. The second-order valence-corrected chi connectivity index (χ2v) is 6.12. The van der Waals surface area contributed by atoms with Crippen LogP contribution in [0.25, 0.3) is 0 Å². The standard InChI is InChI=1S/C15H23NO3S/c1-3-12-10-13(20-11(12)2)15(19)16-9-7-5-4-6-8-14(17)18/h10H,3-9H2,1-2H3,(H,16,19)(H,17,18). The molecule has 4 nitrogen and oxygen atoms in total. The number of nitrogens with one attached hydrogen (secondary N) is 1. The van der Waals surface area contributed by atoms with E-state index in [4.69, 9.17) is 5.11 Å². The summed E-state index contributed by atoms with van der Waals surface area (Å²) in [4.78, 5) is 24.3. The summed E-state index contributed by atoms with van der Waals surface area (Å²) in [5, 5.41) is 11.4. The number of carboxylic acids is 1. The van der Waals surface area contributed by atoms with Crippen LogP contribution in [0.3, 0.4) is 0 Å². The second kappa shape index (κ2) is 8.74. The molecule has 0 aliphatic heterocycles. The molecule has 1 heterocycles. The fraction of sp³-hybridized carbons (Fsp3) is 0.600. The van der Waals surface area contributed by atoms with Gasteiger partial charge in [-0.1, -0.05) is 19.8 Å². The van der Waals surface area contributed by atoms with Crippen molar-refractivity contribution < 1.29 is 14.7 Å². The predicted molar refractivity (Wildman–Crippen MR) is 81.5 cm³/mol. The number of hydrogen-bond acceptors (Lipinski definition) is 3. The molecule has 20 heavy (non-hydrogen) atoms. The lowest BCUT2D eigenvalue weighted by molar-refractivity contribution is -0.137. The van der Waals surface area contributed by atoms with Gasteiger partial charge in [0.05, 0.1) is 4.88 Å². The molecule has 1 amide bonds. The van der Waals surface area contributed by atoms with E-state index < -0.39 is 5.97 Å². The molecular weight excluding hydrogens is 274 g/mol. The number of thiophene rings is 1. The van der Waals surface area contributed by atoms with Crippen LogP contribution in [0.2, 0.25) is 0 Å². The summed E-state index contributed by atoms with van der Waals surface area (Å²) in [5.74, 6) is -0.735. The fourth-order valence-corrected chi connectivity index (χ4v) is 3.06. The van der Waals surface area contributed by atoms with Gasteiger partial charge < -0.3 is 10.4 Å². The molecule has 1 rings (SSSR count). The summed E-state index contributed by atoms with van der Waals surface area (Å²) in [6.45, 7) is 4.79. The Morgan fingerprint density at radius 2 is 1.95 bits per heavy atom. The third-order valence-electron chi connectivity index (χ3n) is 3.23. The van der Waals surface area contributed by atoms with Crippen molar-refractivity contribution in [2.75, 3.05) is 6.54 Å². The molecule has 0 spiro atoms. The summed E-state index contributed by atoms with van der Waals surface area (Å²) in [6.07, 6.45) is 4.67. The van der Waals surface area contributed by atoms with E-state index in [0.717, 1.165) is 30.6 Å². The van der Waals surface area contributed by atoms with E-state index in [9.17, 15) is 9.59 Å². The van der Waals surface area contributed by atoms with Crippen molar-refractivity contribution in [2.45, 2.75) is 52.4 Å². The summed E-state index contributed by atoms with van der Waals surface area (Å²) < 4.78 is 0. The average Bonchev–Trinajstić information content (AvgIpc) is 2.78. The Morgan fingerprint density at radius 1 is 1.25 bits per heavy atom. The zero-order chi connectivity index (χ0) is 15.0. The number of amides is 1. The van der Waals surface area contributed by atoms with Crippen molar-refractivity contribution in [1.29, 1.82) is 0 Å². The molecule has 0 unspecified atom stereocenters. The maximum atomic E-state index is 11.9. The highest BCUT2D eigenvalue weighted by Crippen LogP contribution is 2.21. The molecule has 2 N–H and O–H groups in total. The Hall–Kier alpha value is -1.36. The van der Waals surface area contributed by atoms with Gasteiger partial charge in [-0.3, -0.25) is 9.59 Å². The van der Waals surface area contributed by atoms with Crippen molar-refractivity contribution in [1.82, 2.24) is 5.32 Å². The van der Waals surface area contributed by atoms with Gasteiger partial charge in [0.1, 0.15) is 0 Å². The summed E-state index contributed by atoms with van der Waals surface area (Å²) in [6, 6.07) is 1.97. The van der Waals surface area contributed by atoms with E-state index in [1.165, 1.54) is 10.4 Å².